The molecular weight excluding hydrogens is 106 g/mol. The fourth-order valence-electron chi connectivity index (χ4n) is 0.592. The van der Waals surface area contributed by atoms with Crippen molar-refractivity contribution < 1.29 is 9.78 Å². The molecule has 0 aliphatic carbocycles. The van der Waals surface area contributed by atoms with Crippen molar-refractivity contribution in [3.05, 3.63) is 0 Å². The number of hydrogen-bond donors (Lipinski definition) is 0. The first-order chi connectivity index (χ1) is 3.93. The summed E-state index contributed by atoms with van der Waals surface area (Å²) in [4.78, 5) is 9.12. The fourth-order valence-corrected chi connectivity index (χ4v) is 0.592. The van der Waals surface area contributed by atoms with Gasteiger partial charge in [-0.25, -0.2) is 9.78 Å². The number of hydrogen-bond acceptors (Lipinski definition) is 3. The van der Waals surface area contributed by atoms with Gasteiger partial charge in [-0.1, -0.05) is 0 Å². The molecule has 0 amide bonds. The van der Waals surface area contributed by atoms with E-state index in [1.54, 1.807) is 0 Å². The maximum atomic E-state index is 8.24. The molecule has 1 saturated heterocycles. The summed E-state index contributed by atoms with van der Waals surface area (Å²) < 4.78 is 0. The second-order valence-corrected chi connectivity index (χ2v) is 1.68. The van der Waals surface area contributed by atoms with E-state index in [2.05, 4.69) is 9.78 Å². The van der Waals surface area contributed by atoms with E-state index < -0.39 is 0 Å². The van der Waals surface area contributed by atoms with Gasteiger partial charge in [-0.15, -0.1) is 0 Å². The van der Waals surface area contributed by atoms with Gasteiger partial charge in [-0.3, -0.25) is 0 Å². The van der Waals surface area contributed by atoms with Crippen molar-refractivity contribution in [1.29, 1.82) is 5.26 Å². The largest absolute Gasteiger partial charge is 0.235 e. The molecule has 1 aliphatic rings. The summed E-state index contributed by atoms with van der Waals surface area (Å²) in [6.07, 6.45) is 1.40. The van der Waals surface area contributed by atoms with E-state index in [0.717, 1.165) is 12.8 Å². The molecule has 1 atom stereocenters. The third-order valence-electron chi connectivity index (χ3n) is 1.02. The van der Waals surface area contributed by atoms with Gasteiger partial charge < -0.3 is 0 Å². The van der Waals surface area contributed by atoms with Crippen LogP contribution in [0.15, 0.2) is 0 Å². The van der Waals surface area contributed by atoms with Crippen LogP contribution in [0, 0.1) is 11.3 Å². The van der Waals surface area contributed by atoms with Gasteiger partial charge in [0.2, 0.25) is 0 Å². The molecular formula is C5H7NO2. The Bertz CT molecular complexity index is 101. The Morgan fingerprint density at radius 2 is 2.50 bits per heavy atom. The minimum absolute atomic E-state index is 0.330. The van der Waals surface area contributed by atoms with Crippen LogP contribution in [0.4, 0.5) is 0 Å². The minimum atomic E-state index is -0.330. The summed E-state index contributed by atoms with van der Waals surface area (Å²) >= 11 is 0. The van der Waals surface area contributed by atoms with Crippen molar-refractivity contribution in [2.75, 3.05) is 6.61 Å². The third-order valence-corrected chi connectivity index (χ3v) is 1.02. The third kappa shape index (κ3) is 1.19. The summed E-state index contributed by atoms with van der Waals surface area (Å²) in [5.41, 5.74) is 0. The molecule has 1 unspecified atom stereocenters. The van der Waals surface area contributed by atoms with Crippen molar-refractivity contribution >= 4 is 0 Å². The molecule has 0 saturated carbocycles. The first kappa shape index (κ1) is 5.54. The molecule has 0 aromatic rings. The molecule has 0 bridgehead atoms. The van der Waals surface area contributed by atoms with Crippen LogP contribution < -0.4 is 0 Å². The van der Waals surface area contributed by atoms with E-state index in [-0.39, 0.29) is 6.10 Å². The van der Waals surface area contributed by atoms with Crippen LogP contribution in [0.5, 0.6) is 0 Å². The molecule has 0 radical (unpaired) electrons. The number of nitriles is 1. The van der Waals surface area contributed by atoms with Crippen LogP contribution in [-0.4, -0.2) is 12.7 Å². The van der Waals surface area contributed by atoms with Crippen LogP contribution >= 0.6 is 0 Å². The van der Waals surface area contributed by atoms with E-state index in [0.29, 0.717) is 6.61 Å². The molecule has 1 rings (SSSR count). The quantitative estimate of drug-likeness (QED) is 0.432. The van der Waals surface area contributed by atoms with Crippen molar-refractivity contribution in [1.82, 2.24) is 0 Å². The first-order valence-corrected chi connectivity index (χ1v) is 2.61. The predicted octanol–water partition coefficient (Wildman–Crippen LogP) is 0.621. The van der Waals surface area contributed by atoms with E-state index in [1.807, 2.05) is 6.07 Å². The molecule has 0 aromatic heterocycles. The summed E-state index contributed by atoms with van der Waals surface area (Å²) in [5.74, 6) is 0. The smallest absolute Gasteiger partial charge is 0.179 e. The number of nitrogens with zero attached hydrogens (tertiary/aromatic N) is 1. The maximum absolute atomic E-state index is 8.24. The highest BCUT2D eigenvalue weighted by Crippen LogP contribution is 2.07. The summed E-state index contributed by atoms with van der Waals surface area (Å²) in [6, 6.07) is 1.96. The second kappa shape index (κ2) is 2.65. The fraction of sp³-hybridized carbons (Fsp3) is 0.800. The van der Waals surface area contributed by atoms with Crippen LogP contribution in [0.3, 0.4) is 0 Å². The topological polar surface area (TPSA) is 42.2 Å². The lowest BCUT2D eigenvalue weighted by Crippen LogP contribution is -2.17. The van der Waals surface area contributed by atoms with Crippen molar-refractivity contribution in [2.24, 2.45) is 0 Å². The van der Waals surface area contributed by atoms with Crippen LogP contribution in [-0.2, 0) is 9.78 Å². The van der Waals surface area contributed by atoms with Gasteiger partial charge in [0.25, 0.3) is 0 Å². The van der Waals surface area contributed by atoms with Crippen molar-refractivity contribution in [3.63, 3.8) is 0 Å². The molecule has 44 valence electrons. The average molecular weight is 113 g/mol. The second-order valence-electron chi connectivity index (χ2n) is 1.68. The Labute approximate surface area is 47.7 Å². The molecule has 1 fully saturated rings. The van der Waals surface area contributed by atoms with Gasteiger partial charge in [0.05, 0.1) is 12.7 Å². The summed E-state index contributed by atoms with van der Waals surface area (Å²) in [7, 11) is 0. The molecule has 0 aromatic carbocycles. The van der Waals surface area contributed by atoms with E-state index in [4.69, 9.17) is 5.26 Å². The van der Waals surface area contributed by atoms with Gasteiger partial charge in [-0.2, -0.15) is 5.26 Å². The Kier molecular flexibility index (Phi) is 1.84. The van der Waals surface area contributed by atoms with Gasteiger partial charge in [0.15, 0.2) is 6.10 Å². The highest BCUT2D eigenvalue weighted by molar-refractivity contribution is 4.83. The van der Waals surface area contributed by atoms with Crippen molar-refractivity contribution in [2.45, 2.75) is 18.9 Å². The van der Waals surface area contributed by atoms with E-state index >= 15 is 0 Å². The van der Waals surface area contributed by atoms with Crippen LogP contribution in [0.1, 0.15) is 12.8 Å². The van der Waals surface area contributed by atoms with Gasteiger partial charge in [-0.05, 0) is 12.8 Å². The molecule has 1 aliphatic heterocycles. The summed E-state index contributed by atoms with van der Waals surface area (Å²) in [5, 5.41) is 8.24. The molecule has 0 spiro atoms. The SMILES string of the molecule is N#CC1CCCOO1. The lowest BCUT2D eigenvalue weighted by molar-refractivity contribution is -0.331. The van der Waals surface area contributed by atoms with Gasteiger partial charge in [0, 0.05) is 0 Å². The first-order valence-electron chi connectivity index (χ1n) is 2.61. The Morgan fingerprint density at radius 1 is 1.62 bits per heavy atom. The van der Waals surface area contributed by atoms with E-state index in [9.17, 15) is 0 Å². The lowest BCUT2D eigenvalue weighted by atomic mass is 10.2. The molecule has 3 heteroatoms. The van der Waals surface area contributed by atoms with Crippen LogP contribution in [0.2, 0.25) is 0 Å². The highest BCUT2D eigenvalue weighted by Gasteiger charge is 2.12. The van der Waals surface area contributed by atoms with Crippen molar-refractivity contribution in [3.8, 4) is 6.07 Å². The van der Waals surface area contributed by atoms with Crippen LogP contribution in [0.25, 0.3) is 0 Å². The number of rotatable bonds is 0. The zero-order valence-electron chi connectivity index (χ0n) is 4.46. The normalized spacial score (nSPS) is 29.1. The van der Waals surface area contributed by atoms with E-state index in [1.165, 1.54) is 0 Å². The van der Waals surface area contributed by atoms with Gasteiger partial charge >= 0.3 is 0 Å². The molecule has 8 heavy (non-hydrogen) atoms. The average Bonchev–Trinajstić information content (AvgIpc) is 1.90. The molecule has 0 N–H and O–H groups in total. The maximum Gasteiger partial charge on any atom is 0.179 e. The molecule has 1 heterocycles. The lowest BCUT2D eigenvalue weighted by Gasteiger charge is -2.13. The monoisotopic (exact) mass is 113 g/mol. The predicted molar refractivity (Wildman–Crippen MR) is 25.7 cm³/mol. The summed E-state index contributed by atoms with van der Waals surface area (Å²) in [6.45, 7) is 0.623. The standard InChI is InChI=1S/C5H7NO2/c6-4-5-2-1-3-7-8-5/h5H,1-3H2. The zero-order valence-corrected chi connectivity index (χ0v) is 4.46. The Morgan fingerprint density at radius 3 is 2.88 bits per heavy atom. The Balaban J connectivity index is 2.25. The molecule has 3 nitrogen and oxygen atoms in total. The Hall–Kier alpha value is -0.590. The van der Waals surface area contributed by atoms with Gasteiger partial charge in [0.1, 0.15) is 0 Å². The zero-order chi connectivity index (χ0) is 5.82. The minimum Gasteiger partial charge on any atom is -0.235 e. The highest BCUT2D eigenvalue weighted by atomic mass is 17.2.